The van der Waals surface area contributed by atoms with Crippen LogP contribution in [0.1, 0.15) is 20.7 Å². The molecule has 0 fully saturated rings. The molecule has 0 bridgehead atoms. The lowest BCUT2D eigenvalue weighted by atomic mass is 10.2. The highest BCUT2D eigenvalue weighted by molar-refractivity contribution is 9.10. The molecule has 0 saturated heterocycles. The number of methoxy groups -OCH3 is 1. The molecular formula is C17H14BrClN2O5. The summed E-state index contributed by atoms with van der Waals surface area (Å²) in [5.41, 5.74) is 4.82. The minimum Gasteiger partial charge on any atom is -0.496 e. The van der Waals surface area contributed by atoms with Gasteiger partial charge in [-0.25, -0.2) is 4.79 Å². The van der Waals surface area contributed by atoms with Gasteiger partial charge in [-0.1, -0.05) is 23.7 Å². The fourth-order valence-corrected chi connectivity index (χ4v) is 2.56. The van der Waals surface area contributed by atoms with Crippen molar-refractivity contribution in [3.63, 3.8) is 0 Å². The van der Waals surface area contributed by atoms with Gasteiger partial charge >= 0.3 is 5.97 Å². The quantitative estimate of drug-likeness (QED) is 0.550. The van der Waals surface area contributed by atoms with Crippen LogP contribution < -0.4 is 15.6 Å². The van der Waals surface area contributed by atoms with E-state index >= 15 is 0 Å². The fourth-order valence-electron chi connectivity index (χ4n) is 1.92. The molecule has 0 unspecified atom stereocenters. The molecule has 26 heavy (non-hydrogen) atoms. The highest BCUT2D eigenvalue weighted by Gasteiger charge is 2.16. The SMILES string of the molecule is COc1ccc(Cl)cc1C(=O)OCC(=O)NNC(=O)c1ccccc1Br. The highest BCUT2D eigenvalue weighted by atomic mass is 79.9. The monoisotopic (exact) mass is 440 g/mol. The number of amides is 2. The molecule has 0 atom stereocenters. The van der Waals surface area contributed by atoms with Crippen molar-refractivity contribution in [1.29, 1.82) is 0 Å². The summed E-state index contributed by atoms with van der Waals surface area (Å²) in [4.78, 5) is 35.8. The van der Waals surface area contributed by atoms with Crippen molar-refractivity contribution in [1.82, 2.24) is 10.9 Å². The number of carbonyl (C=O) groups excluding carboxylic acids is 3. The second kappa shape index (κ2) is 9.21. The molecular weight excluding hydrogens is 428 g/mol. The van der Waals surface area contributed by atoms with Gasteiger partial charge in [-0.2, -0.15) is 0 Å². The average molecular weight is 442 g/mol. The third-order valence-electron chi connectivity index (χ3n) is 3.15. The van der Waals surface area contributed by atoms with Gasteiger partial charge in [0.15, 0.2) is 6.61 Å². The molecule has 2 rings (SSSR count). The van der Waals surface area contributed by atoms with Crippen LogP contribution >= 0.6 is 27.5 Å². The summed E-state index contributed by atoms with van der Waals surface area (Å²) in [5, 5.41) is 0.322. The Kier molecular flexibility index (Phi) is 6.99. The molecule has 9 heteroatoms. The van der Waals surface area contributed by atoms with E-state index in [0.717, 1.165) is 0 Å². The maximum atomic E-state index is 12.1. The molecule has 0 spiro atoms. The number of esters is 1. The lowest BCUT2D eigenvalue weighted by Crippen LogP contribution is -2.43. The number of carbonyl (C=O) groups is 3. The highest BCUT2D eigenvalue weighted by Crippen LogP contribution is 2.23. The molecule has 0 radical (unpaired) electrons. The van der Waals surface area contributed by atoms with Crippen LogP contribution in [0.5, 0.6) is 5.75 Å². The van der Waals surface area contributed by atoms with E-state index in [-0.39, 0.29) is 11.3 Å². The molecule has 0 saturated carbocycles. The van der Waals surface area contributed by atoms with E-state index in [9.17, 15) is 14.4 Å². The first-order valence-electron chi connectivity index (χ1n) is 7.26. The van der Waals surface area contributed by atoms with E-state index < -0.39 is 24.4 Å². The molecule has 2 aromatic rings. The maximum Gasteiger partial charge on any atom is 0.342 e. The van der Waals surface area contributed by atoms with Crippen LogP contribution in [-0.4, -0.2) is 31.5 Å². The van der Waals surface area contributed by atoms with Gasteiger partial charge < -0.3 is 9.47 Å². The molecule has 2 N–H and O–H groups in total. The fraction of sp³-hybridized carbons (Fsp3) is 0.118. The zero-order chi connectivity index (χ0) is 19.1. The molecule has 2 aromatic carbocycles. The van der Waals surface area contributed by atoms with Gasteiger partial charge in [0.05, 0.1) is 12.7 Å². The molecule has 0 aliphatic carbocycles. The molecule has 136 valence electrons. The van der Waals surface area contributed by atoms with Gasteiger partial charge in [-0.15, -0.1) is 0 Å². The molecule has 0 aliphatic heterocycles. The summed E-state index contributed by atoms with van der Waals surface area (Å²) in [6, 6.07) is 11.1. The van der Waals surface area contributed by atoms with Gasteiger partial charge in [0.2, 0.25) is 0 Å². The summed E-state index contributed by atoms with van der Waals surface area (Å²) >= 11 is 9.08. The number of halogens is 2. The number of benzene rings is 2. The number of hydrogen-bond donors (Lipinski definition) is 2. The number of hydrogen-bond acceptors (Lipinski definition) is 5. The zero-order valence-corrected chi connectivity index (χ0v) is 15.9. The van der Waals surface area contributed by atoms with E-state index in [1.807, 2.05) is 0 Å². The van der Waals surface area contributed by atoms with Crippen molar-refractivity contribution < 1.29 is 23.9 Å². The van der Waals surface area contributed by atoms with Crippen LogP contribution in [0.3, 0.4) is 0 Å². The Hall–Kier alpha value is -2.58. The minimum absolute atomic E-state index is 0.0880. The van der Waals surface area contributed by atoms with Gasteiger partial charge in [0, 0.05) is 9.50 Å². The van der Waals surface area contributed by atoms with Crippen molar-refractivity contribution >= 4 is 45.3 Å². The Labute approximate surface area is 162 Å². The minimum atomic E-state index is -0.781. The van der Waals surface area contributed by atoms with E-state index in [1.165, 1.54) is 19.2 Å². The Balaban J connectivity index is 1.87. The van der Waals surface area contributed by atoms with Crippen LogP contribution in [0, 0.1) is 0 Å². The first-order chi connectivity index (χ1) is 12.4. The molecule has 2 amide bonds. The van der Waals surface area contributed by atoms with Gasteiger partial charge in [0.1, 0.15) is 11.3 Å². The van der Waals surface area contributed by atoms with E-state index in [0.29, 0.717) is 15.1 Å². The second-order valence-electron chi connectivity index (χ2n) is 4.90. The smallest absolute Gasteiger partial charge is 0.342 e. The second-order valence-corrected chi connectivity index (χ2v) is 6.19. The normalized spacial score (nSPS) is 9.96. The van der Waals surface area contributed by atoms with Crippen molar-refractivity contribution in [2.45, 2.75) is 0 Å². The van der Waals surface area contributed by atoms with Crippen LogP contribution in [0.4, 0.5) is 0 Å². The zero-order valence-electron chi connectivity index (χ0n) is 13.5. The predicted octanol–water partition coefficient (Wildman–Crippen LogP) is 2.73. The summed E-state index contributed by atoms with van der Waals surface area (Å²) < 4.78 is 10.5. The number of ether oxygens (including phenoxy) is 2. The summed E-state index contributed by atoms with van der Waals surface area (Å²) in [7, 11) is 1.39. The Morgan fingerprint density at radius 1 is 1.08 bits per heavy atom. The largest absolute Gasteiger partial charge is 0.496 e. The summed E-state index contributed by atoms with van der Waals surface area (Å²) in [5.74, 6) is -1.74. The lowest BCUT2D eigenvalue weighted by Gasteiger charge is -2.10. The Bertz CT molecular complexity index is 844. The van der Waals surface area contributed by atoms with E-state index in [2.05, 4.69) is 26.8 Å². The molecule has 0 aromatic heterocycles. The Morgan fingerprint density at radius 2 is 1.81 bits per heavy atom. The first kappa shape index (κ1) is 19.7. The molecule has 0 heterocycles. The molecule has 0 aliphatic rings. The number of hydrazine groups is 1. The maximum absolute atomic E-state index is 12.1. The topological polar surface area (TPSA) is 93.7 Å². The summed E-state index contributed by atoms with van der Waals surface area (Å²) in [6.07, 6.45) is 0. The van der Waals surface area contributed by atoms with Crippen LogP contribution in [0.2, 0.25) is 5.02 Å². The number of rotatable bonds is 5. The number of nitrogens with one attached hydrogen (secondary N) is 2. The third-order valence-corrected chi connectivity index (χ3v) is 4.08. The van der Waals surface area contributed by atoms with Crippen molar-refractivity contribution in [2.75, 3.05) is 13.7 Å². The van der Waals surface area contributed by atoms with Crippen LogP contribution in [-0.2, 0) is 9.53 Å². The van der Waals surface area contributed by atoms with Gasteiger partial charge in [-0.3, -0.25) is 20.4 Å². The average Bonchev–Trinajstić information content (AvgIpc) is 2.64. The van der Waals surface area contributed by atoms with Crippen molar-refractivity contribution in [2.24, 2.45) is 0 Å². The van der Waals surface area contributed by atoms with Crippen LogP contribution in [0.15, 0.2) is 46.9 Å². The van der Waals surface area contributed by atoms with Crippen LogP contribution in [0.25, 0.3) is 0 Å². The van der Waals surface area contributed by atoms with E-state index in [4.69, 9.17) is 21.1 Å². The summed E-state index contributed by atoms with van der Waals surface area (Å²) in [6.45, 7) is -0.593. The standard InChI is InChI=1S/C17H14BrClN2O5/c1-25-14-7-6-10(19)8-12(14)17(24)26-9-15(22)20-21-16(23)11-4-2-3-5-13(11)18/h2-8H,9H2,1H3,(H,20,22)(H,21,23). The van der Waals surface area contributed by atoms with Gasteiger partial charge in [-0.05, 0) is 46.3 Å². The third kappa shape index (κ3) is 5.21. The van der Waals surface area contributed by atoms with Crippen molar-refractivity contribution in [3.8, 4) is 5.75 Å². The predicted molar refractivity (Wildman–Crippen MR) is 98.0 cm³/mol. The Morgan fingerprint density at radius 3 is 2.50 bits per heavy atom. The van der Waals surface area contributed by atoms with E-state index in [1.54, 1.807) is 30.3 Å². The lowest BCUT2D eigenvalue weighted by molar-refractivity contribution is -0.125. The molecule has 7 nitrogen and oxygen atoms in total. The van der Waals surface area contributed by atoms with Crippen molar-refractivity contribution in [3.05, 3.63) is 63.1 Å². The van der Waals surface area contributed by atoms with Gasteiger partial charge in [0.25, 0.3) is 11.8 Å². The first-order valence-corrected chi connectivity index (χ1v) is 8.44.